The Morgan fingerprint density at radius 3 is 0.916 bits per heavy atom. The molecular formula is C64H124O17P2. The Morgan fingerprint density at radius 2 is 0.614 bits per heavy atom. The molecule has 0 rings (SSSR count). The van der Waals surface area contributed by atoms with Gasteiger partial charge in [0.2, 0.25) is 0 Å². The predicted octanol–water partition coefficient (Wildman–Crippen LogP) is 17.7. The van der Waals surface area contributed by atoms with E-state index in [0.29, 0.717) is 31.6 Å². The minimum Gasteiger partial charge on any atom is -0.462 e. The molecule has 0 saturated heterocycles. The summed E-state index contributed by atoms with van der Waals surface area (Å²) in [6.07, 6.45) is 39.1. The van der Waals surface area contributed by atoms with E-state index in [2.05, 4.69) is 41.5 Å². The van der Waals surface area contributed by atoms with Crippen LogP contribution < -0.4 is 0 Å². The Bertz CT molecular complexity index is 1630. The summed E-state index contributed by atoms with van der Waals surface area (Å²) in [5, 5.41) is 10.5. The number of rotatable bonds is 63. The lowest BCUT2D eigenvalue weighted by Gasteiger charge is -2.21. The van der Waals surface area contributed by atoms with Gasteiger partial charge in [-0.05, 0) is 37.5 Å². The van der Waals surface area contributed by atoms with E-state index in [1.54, 1.807) is 0 Å². The summed E-state index contributed by atoms with van der Waals surface area (Å²) < 4.78 is 67.9. The van der Waals surface area contributed by atoms with Crippen molar-refractivity contribution in [1.29, 1.82) is 0 Å². The molecule has 3 N–H and O–H groups in total. The second-order valence-electron chi connectivity index (χ2n) is 23.9. The zero-order chi connectivity index (χ0) is 61.5. The highest BCUT2D eigenvalue weighted by Gasteiger charge is 2.30. The lowest BCUT2D eigenvalue weighted by atomic mass is 10.00. The van der Waals surface area contributed by atoms with Gasteiger partial charge < -0.3 is 33.8 Å². The van der Waals surface area contributed by atoms with E-state index in [1.165, 1.54) is 122 Å². The molecular weight excluding hydrogens is 1100 g/mol. The average molecular weight is 1230 g/mol. The summed E-state index contributed by atoms with van der Waals surface area (Å²) in [5.74, 6) is -0.713. The molecule has 0 aliphatic heterocycles. The molecule has 19 heteroatoms. The SMILES string of the molecule is CCCCCCCCCCCCCCCCCC(=O)O[C@H](COC(=O)CCCCCCCCCC(C)C)COP(=O)(O)OC[C@@H](O)COP(=O)(O)OC[C@@H](COC(=O)CCCCCCCCCC)OC(=O)CCCCCCCCC(C)CC. The molecule has 0 fully saturated rings. The number of unbranched alkanes of at least 4 members (excludes halogenated alkanes) is 32. The van der Waals surface area contributed by atoms with Crippen molar-refractivity contribution in [3.05, 3.63) is 0 Å². The molecule has 3 unspecified atom stereocenters. The molecule has 0 heterocycles. The van der Waals surface area contributed by atoms with Gasteiger partial charge in [0.25, 0.3) is 0 Å². The Hall–Kier alpha value is -1.94. The Kier molecular flexibility index (Phi) is 55.2. The molecule has 0 spiro atoms. The van der Waals surface area contributed by atoms with Gasteiger partial charge in [-0.15, -0.1) is 0 Å². The average Bonchev–Trinajstić information content (AvgIpc) is 3.46. The Labute approximate surface area is 505 Å². The quantitative estimate of drug-likeness (QED) is 0.0222. The number of hydrogen-bond acceptors (Lipinski definition) is 15. The first-order valence-corrected chi connectivity index (χ1v) is 36.5. The monoisotopic (exact) mass is 1230 g/mol. The highest BCUT2D eigenvalue weighted by molar-refractivity contribution is 7.47. The predicted molar refractivity (Wildman–Crippen MR) is 331 cm³/mol. The van der Waals surface area contributed by atoms with Crippen molar-refractivity contribution in [1.82, 2.24) is 0 Å². The molecule has 0 aromatic rings. The van der Waals surface area contributed by atoms with Crippen molar-refractivity contribution in [2.75, 3.05) is 39.6 Å². The third-order valence-electron chi connectivity index (χ3n) is 15.1. The normalized spacial score (nSPS) is 14.6. The molecule has 6 atom stereocenters. The molecule has 17 nitrogen and oxygen atoms in total. The van der Waals surface area contributed by atoms with Gasteiger partial charge in [0.15, 0.2) is 12.2 Å². The first-order valence-electron chi connectivity index (χ1n) is 33.5. The summed E-state index contributed by atoms with van der Waals surface area (Å²) in [6.45, 7) is 9.37. The van der Waals surface area contributed by atoms with Crippen LogP contribution in [0.15, 0.2) is 0 Å². The number of hydrogen-bond donors (Lipinski definition) is 3. The zero-order valence-corrected chi connectivity index (χ0v) is 55.3. The van der Waals surface area contributed by atoms with Crippen molar-refractivity contribution >= 4 is 39.5 Å². The van der Waals surface area contributed by atoms with Crippen LogP contribution >= 0.6 is 15.6 Å². The molecule has 0 bridgehead atoms. The van der Waals surface area contributed by atoms with Crippen LogP contribution in [0.3, 0.4) is 0 Å². The van der Waals surface area contributed by atoms with Crippen LogP contribution in [-0.4, -0.2) is 96.7 Å². The van der Waals surface area contributed by atoms with E-state index in [1.807, 2.05) is 0 Å². The van der Waals surface area contributed by atoms with Crippen LogP contribution in [0.4, 0.5) is 0 Å². The van der Waals surface area contributed by atoms with E-state index in [4.69, 9.17) is 37.0 Å². The molecule has 0 saturated carbocycles. The number of phosphoric ester groups is 2. The number of carbonyl (C=O) groups is 4. The van der Waals surface area contributed by atoms with Gasteiger partial charge in [-0.3, -0.25) is 37.3 Å². The molecule has 0 amide bonds. The van der Waals surface area contributed by atoms with E-state index in [0.717, 1.165) is 109 Å². The summed E-state index contributed by atoms with van der Waals surface area (Å²) in [5.41, 5.74) is 0. The second-order valence-corrected chi connectivity index (χ2v) is 26.8. The van der Waals surface area contributed by atoms with Crippen LogP contribution in [-0.2, 0) is 65.4 Å². The number of carbonyl (C=O) groups excluding carboxylic acids is 4. The van der Waals surface area contributed by atoms with Gasteiger partial charge >= 0.3 is 39.5 Å². The summed E-state index contributed by atoms with van der Waals surface area (Å²) >= 11 is 0. The third kappa shape index (κ3) is 57.6. The largest absolute Gasteiger partial charge is 0.472 e. The molecule has 0 radical (unpaired) electrons. The van der Waals surface area contributed by atoms with Crippen molar-refractivity contribution in [2.45, 2.75) is 336 Å². The van der Waals surface area contributed by atoms with Crippen molar-refractivity contribution in [2.24, 2.45) is 11.8 Å². The highest BCUT2D eigenvalue weighted by atomic mass is 31.2. The fraction of sp³-hybridized carbons (Fsp3) is 0.938. The standard InChI is InChI=1S/C64H124O17P2/c1-7-10-12-14-16-18-19-20-21-22-23-24-28-36-42-48-63(68)80-59(52-75-62(67)47-41-35-29-25-26-32-38-44-56(4)5)54-78-82(70,71)76-50-58(65)51-77-83(72,73)79-55-60(53-74-61(66)46-40-34-27-17-15-13-11-8-2)81-64(69)49-43-37-31-30-33-39-45-57(6)9-3/h56-60,65H,7-55H2,1-6H3,(H,70,71)(H,72,73)/t57?,58-,59-,60-/m1/s1. The van der Waals surface area contributed by atoms with Crippen LogP contribution in [0.1, 0.15) is 318 Å². The lowest BCUT2D eigenvalue weighted by Crippen LogP contribution is -2.30. The van der Waals surface area contributed by atoms with Crippen LogP contribution in [0, 0.1) is 11.8 Å². The minimum atomic E-state index is -4.94. The lowest BCUT2D eigenvalue weighted by molar-refractivity contribution is -0.161. The smallest absolute Gasteiger partial charge is 0.462 e. The van der Waals surface area contributed by atoms with Gasteiger partial charge in [0.05, 0.1) is 26.4 Å². The highest BCUT2D eigenvalue weighted by Crippen LogP contribution is 2.45. The molecule has 83 heavy (non-hydrogen) atoms. The fourth-order valence-electron chi connectivity index (χ4n) is 9.50. The van der Waals surface area contributed by atoms with Crippen molar-refractivity contribution < 1.29 is 80.2 Å². The first kappa shape index (κ1) is 81.1. The molecule has 0 aromatic carbocycles. The summed E-state index contributed by atoms with van der Waals surface area (Å²) in [4.78, 5) is 72.1. The van der Waals surface area contributed by atoms with Crippen LogP contribution in [0.5, 0.6) is 0 Å². The topological polar surface area (TPSA) is 237 Å². The van der Waals surface area contributed by atoms with Crippen LogP contribution in [0.25, 0.3) is 0 Å². The summed E-state index contributed by atoms with van der Waals surface area (Å²) in [6, 6.07) is 0. The van der Waals surface area contributed by atoms with Crippen molar-refractivity contribution in [3.63, 3.8) is 0 Å². The number of aliphatic hydroxyl groups is 1. The molecule has 0 aromatic heterocycles. The zero-order valence-electron chi connectivity index (χ0n) is 53.5. The van der Waals surface area contributed by atoms with E-state index in [9.17, 15) is 43.2 Å². The maximum Gasteiger partial charge on any atom is 0.472 e. The van der Waals surface area contributed by atoms with Gasteiger partial charge in [-0.25, -0.2) is 9.13 Å². The molecule has 492 valence electrons. The number of aliphatic hydroxyl groups excluding tert-OH is 1. The van der Waals surface area contributed by atoms with Gasteiger partial charge in [0.1, 0.15) is 19.3 Å². The van der Waals surface area contributed by atoms with Crippen LogP contribution in [0.2, 0.25) is 0 Å². The maximum atomic E-state index is 13.0. The van der Waals surface area contributed by atoms with E-state index in [-0.39, 0.29) is 25.7 Å². The third-order valence-corrected chi connectivity index (χ3v) is 17.0. The van der Waals surface area contributed by atoms with E-state index >= 15 is 0 Å². The first-order chi connectivity index (χ1) is 39.9. The van der Waals surface area contributed by atoms with Gasteiger partial charge in [-0.1, -0.05) is 266 Å². The van der Waals surface area contributed by atoms with E-state index < -0.39 is 97.5 Å². The number of esters is 4. The maximum absolute atomic E-state index is 13.0. The molecule has 0 aliphatic carbocycles. The van der Waals surface area contributed by atoms with Gasteiger partial charge in [0, 0.05) is 25.7 Å². The summed E-state index contributed by atoms with van der Waals surface area (Å²) in [7, 11) is -9.88. The Balaban J connectivity index is 5.22. The number of phosphoric acid groups is 2. The molecule has 0 aliphatic rings. The van der Waals surface area contributed by atoms with Gasteiger partial charge in [-0.2, -0.15) is 0 Å². The second kappa shape index (κ2) is 56.6. The Morgan fingerprint density at radius 1 is 0.349 bits per heavy atom. The number of ether oxygens (including phenoxy) is 4. The minimum absolute atomic E-state index is 0.103. The fourth-order valence-corrected chi connectivity index (χ4v) is 11.1. The van der Waals surface area contributed by atoms with Crippen molar-refractivity contribution in [3.8, 4) is 0 Å².